The van der Waals surface area contributed by atoms with Crippen LogP contribution in [0.1, 0.15) is 0 Å². The van der Waals surface area contributed by atoms with Gasteiger partial charge in [0.2, 0.25) is 5.96 Å². The van der Waals surface area contributed by atoms with Crippen LogP contribution >= 0.6 is 0 Å². The van der Waals surface area contributed by atoms with E-state index in [1.807, 2.05) is 0 Å². The van der Waals surface area contributed by atoms with Gasteiger partial charge in [0.25, 0.3) is 0 Å². The number of anilines is 1. The lowest BCUT2D eigenvalue weighted by Crippen LogP contribution is -2.38. The Kier molecular flexibility index (Phi) is 3.23. The molecular formula is C9H9N7O3. The average molecular weight is 263 g/mol. The zero-order valence-corrected chi connectivity index (χ0v) is 9.50. The van der Waals surface area contributed by atoms with Gasteiger partial charge in [-0.25, -0.2) is 9.67 Å². The van der Waals surface area contributed by atoms with E-state index < -0.39 is 11.0 Å². The Morgan fingerprint density at radius 2 is 2.16 bits per heavy atom. The monoisotopic (exact) mass is 263 g/mol. The highest BCUT2D eigenvalue weighted by Gasteiger charge is 2.14. The number of aromatic nitrogens is 3. The van der Waals surface area contributed by atoms with Crippen LogP contribution in [0.15, 0.2) is 36.9 Å². The summed E-state index contributed by atoms with van der Waals surface area (Å²) in [6.07, 6.45) is 2.89. The van der Waals surface area contributed by atoms with Crippen molar-refractivity contribution < 1.29 is 10.0 Å². The van der Waals surface area contributed by atoms with E-state index in [0.717, 1.165) is 0 Å². The van der Waals surface area contributed by atoms with Gasteiger partial charge in [0, 0.05) is 0 Å². The van der Waals surface area contributed by atoms with Crippen molar-refractivity contribution in [3.8, 4) is 5.69 Å². The Labute approximate surface area is 106 Å². The van der Waals surface area contributed by atoms with Gasteiger partial charge in [-0.1, -0.05) is 0 Å². The molecule has 0 aliphatic carbocycles. The number of nitrogens with one attached hydrogen (secondary N) is 1. The summed E-state index contributed by atoms with van der Waals surface area (Å²) in [5, 5.41) is 21.0. The van der Waals surface area contributed by atoms with Crippen LogP contribution in [-0.2, 0) is 4.94 Å². The fourth-order valence-corrected chi connectivity index (χ4v) is 1.38. The van der Waals surface area contributed by atoms with Gasteiger partial charge in [-0.3, -0.25) is 5.41 Å². The summed E-state index contributed by atoms with van der Waals surface area (Å²) in [4.78, 5) is 18.3. The number of hydroxylamine groups is 1. The number of nitrogens with two attached hydrogens (primary N) is 1. The standard InChI is InChI=1S/C9H9N7O3/c10-9(11)15(19-16(17)18)8-3-1-7(2-4-8)14-6-12-5-13-14/h1-6H,(H3,10,11). The van der Waals surface area contributed by atoms with Crippen LogP contribution in [0.2, 0.25) is 0 Å². The van der Waals surface area contributed by atoms with Crippen LogP contribution in [0.4, 0.5) is 5.69 Å². The molecule has 1 aromatic heterocycles. The van der Waals surface area contributed by atoms with Crippen molar-refractivity contribution in [3.05, 3.63) is 47.0 Å². The summed E-state index contributed by atoms with van der Waals surface area (Å²) >= 11 is 0. The molecule has 1 aromatic carbocycles. The summed E-state index contributed by atoms with van der Waals surface area (Å²) in [6, 6.07) is 6.26. The molecule has 0 saturated carbocycles. The second-order valence-electron chi connectivity index (χ2n) is 3.34. The molecule has 2 aromatic rings. The van der Waals surface area contributed by atoms with Crippen LogP contribution < -0.4 is 10.8 Å². The molecule has 0 bridgehead atoms. The molecule has 10 heteroatoms. The van der Waals surface area contributed by atoms with E-state index in [1.54, 1.807) is 12.1 Å². The van der Waals surface area contributed by atoms with Crippen LogP contribution in [-0.4, -0.2) is 25.8 Å². The van der Waals surface area contributed by atoms with Gasteiger partial charge in [0.05, 0.1) is 11.4 Å². The maximum atomic E-state index is 10.3. The first kappa shape index (κ1) is 12.3. The molecule has 98 valence electrons. The lowest BCUT2D eigenvalue weighted by atomic mass is 10.3. The molecule has 0 unspecified atom stereocenters. The molecule has 0 radical (unpaired) electrons. The molecular weight excluding hydrogens is 254 g/mol. The summed E-state index contributed by atoms with van der Waals surface area (Å²) in [5.41, 5.74) is 6.15. The number of benzene rings is 1. The van der Waals surface area contributed by atoms with E-state index in [-0.39, 0.29) is 5.69 Å². The minimum Gasteiger partial charge on any atom is -0.368 e. The molecule has 1 heterocycles. The van der Waals surface area contributed by atoms with Gasteiger partial charge in [-0.15, -0.1) is 15.2 Å². The zero-order chi connectivity index (χ0) is 13.8. The fraction of sp³-hybridized carbons (Fsp3) is 0. The van der Waals surface area contributed by atoms with Gasteiger partial charge >= 0.3 is 5.09 Å². The molecule has 0 fully saturated rings. The molecule has 19 heavy (non-hydrogen) atoms. The minimum absolute atomic E-state index is 0.244. The van der Waals surface area contributed by atoms with Crippen molar-refractivity contribution in [1.82, 2.24) is 14.8 Å². The lowest BCUT2D eigenvalue weighted by molar-refractivity contribution is -0.758. The number of rotatable bonds is 4. The van der Waals surface area contributed by atoms with Gasteiger partial charge in [-0.2, -0.15) is 10.0 Å². The van der Waals surface area contributed by atoms with Crippen molar-refractivity contribution in [2.45, 2.75) is 0 Å². The highest BCUT2D eigenvalue weighted by atomic mass is 17.0. The van der Waals surface area contributed by atoms with Crippen LogP contribution in [0, 0.1) is 15.5 Å². The second kappa shape index (κ2) is 5.00. The third kappa shape index (κ3) is 2.74. The Balaban J connectivity index is 2.25. The van der Waals surface area contributed by atoms with Gasteiger partial charge in [-0.05, 0) is 24.3 Å². The van der Waals surface area contributed by atoms with E-state index >= 15 is 0 Å². The van der Waals surface area contributed by atoms with E-state index in [9.17, 15) is 10.1 Å². The second-order valence-corrected chi connectivity index (χ2v) is 3.34. The summed E-state index contributed by atoms with van der Waals surface area (Å²) in [5.74, 6) is -0.606. The Morgan fingerprint density at radius 1 is 1.47 bits per heavy atom. The first-order chi connectivity index (χ1) is 9.08. The number of hydrogen-bond donors (Lipinski definition) is 2. The highest BCUT2D eigenvalue weighted by molar-refractivity contribution is 5.90. The predicted molar refractivity (Wildman–Crippen MR) is 63.8 cm³/mol. The Morgan fingerprint density at radius 3 is 2.63 bits per heavy atom. The number of nitrogens with zero attached hydrogens (tertiary/aromatic N) is 5. The van der Waals surface area contributed by atoms with Gasteiger partial charge in [0.15, 0.2) is 0 Å². The molecule has 0 saturated heterocycles. The maximum absolute atomic E-state index is 10.3. The molecule has 2 rings (SSSR count). The molecule has 3 N–H and O–H groups in total. The largest absolute Gasteiger partial charge is 0.368 e. The van der Waals surface area contributed by atoms with E-state index in [1.165, 1.54) is 29.5 Å². The van der Waals surface area contributed by atoms with Crippen LogP contribution in [0.5, 0.6) is 0 Å². The van der Waals surface area contributed by atoms with Gasteiger partial charge in [0.1, 0.15) is 12.7 Å². The highest BCUT2D eigenvalue weighted by Crippen LogP contribution is 2.17. The first-order valence-corrected chi connectivity index (χ1v) is 4.99. The normalized spacial score (nSPS) is 9.89. The average Bonchev–Trinajstić information content (AvgIpc) is 2.89. The topological polar surface area (TPSA) is 136 Å². The molecule has 0 atom stereocenters. The summed E-state index contributed by atoms with van der Waals surface area (Å²) < 4.78 is 1.51. The number of guanidine groups is 1. The Hall–Kier alpha value is -3.17. The molecule has 10 nitrogen and oxygen atoms in total. The number of hydrogen-bond acceptors (Lipinski definition) is 6. The van der Waals surface area contributed by atoms with Crippen molar-refractivity contribution >= 4 is 11.6 Å². The van der Waals surface area contributed by atoms with Crippen molar-refractivity contribution in [1.29, 1.82) is 5.41 Å². The SMILES string of the molecule is N=C(N)N(O[N+](=O)[O-])c1ccc(-n2cncn2)cc1. The molecule has 0 aliphatic heterocycles. The summed E-state index contributed by atoms with van der Waals surface area (Å²) in [7, 11) is 0. The van der Waals surface area contributed by atoms with Crippen LogP contribution in [0.3, 0.4) is 0 Å². The summed E-state index contributed by atoms with van der Waals surface area (Å²) in [6.45, 7) is 0. The third-order valence-electron chi connectivity index (χ3n) is 2.13. The molecule has 0 amide bonds. The first-order valence-electron chi connectivity index (χ1n) is 4.99. The molecule has 0 spiro atoms. The van der Waals surface area contributed by atoms with Crippen molar-refractivity contribution in [3.63, 3.8) is 0 Å². The Bertz CT molecular complexity index is 580. The van der Waals surface area contributed by atoms with E-state index in [0.29, 0.717) is 10.8 Å². The zero-order valence-electron chi connectivity index (χ0n) is 9.50. The third-order valence-corrected chi connectivity index (χ3v) is 2.13. The van der Waals surface area contributed by atoms with Crippen LogP contribution in [0.25, 0.3) is 5.69 Å². The quantitative estimate of drug-likeness (QED) is 0.345. The smallest absolute Gasteiger partial charge is 0.317 e. The van der Waals surface area contributed by atoms with Crippen molar-refractivity contribution in [2.75, 3.05) is 5.06 Å². The maximum Gasteiger partial charge on any atom is 0.317 e. The lowest BCUT2D eigenvalue weighted by Gasteiger charge is -2.18. The molecule has 0 aliphatic rings. The van der Waals surface area contributed by atoms with Crippen molar-refractivity contribution in [2.24, 2.45) is 5.73 Å². The minimum atomic E-state index is -1.05. The fourth-order valence-electron chi connectivity index (χ4n) is 1.38. The van der Waals surface area contributed by atoms with E-state index in [4.69, 9.17) is 11.1 Å². The van der Waals surface area contributed by atoms with E-state index in [2.05, 4.69) is 15.0 Å². The van der Waals surface area contributed by atoms with Gasteiger partial charge < -0.3 is 5.73 Å². The predicted octanol–water partition coefficient (Wildman–Crippen LogP) is 0.0905.